The summed E-state index contributed by atoms with van der Waals surface area (Å²) in [4.78, 5) is 4.89. The van der Waals surface area contributed by atoms with Crippen molar-refractivity contribution in [3.8, 4) is 50.9 Å². The molecule has 0 saturated carbocycles. The van der Waals surface area contributed by atoms with E-state index in [1.807, 2.05) is 129 Å². The summed E-state index contributed by atoms with van der Waals surface area (Å²) in [6, 6.07) is 29.0. The Hall–Kier alpha value is -9.36. The predicted octanol–water partition coefficient (Wildman–Crippen LogP) is 18.5. The summed E-state index contributed by atoms with van der Waals surface area (Å²) in [5.74, 6) is 1.40. The van der Waals surface area contributed by atoms with Crippen molar-refractivity contribution in [2.24, 2.45) is 0 Å². The fourth-order valence-electron chi connectivity index (χ4n) is 12.1. The van der Waals surface area contributed by atoms with Crippen LogP contribution in [0.1, 0.15) is 145 Å². The van der Waals surface area contributed by atoms with Gasteiger partial charge >= 0.3 is 0 Å². The first-order chi connectivity index (χ1) is 51.6. The number of nitrogens with zero attached hydrogens (tertiary/aromatic N) is 4. The number of rotatable bonds is 11. The molecule has 0 spiro atoms. The van der Waals surface area contributed by atoms with Gasteiger partial charge in [-0.2, -0.15) is 0 Å². The second-order valence-electron chi connectivity index (χ2n) is 27.2. The molecule has 3 heterocycles. The Morgan fingerprint density at radius 3 is 1.64 bits per heavy atom. The SMILES string of the molecule is [2H]c1c([2H])c([2H])c([Si](c2cc(C(C)(C)C)cc(-c3cc(C(C)(C)C)cc(C(C)(C)C)c3)c2-[n+]2[c-]n(-c3cccc(Oc4ccc5c6ccccc6n(-c6cc(C(C)(C)C)ccn6)c5c4)c3)c3cc(-c4c(C([2H])([2H])[2H])cccc4C([2H])([2H])[2H])ccc32)(c2c([2H])c([2H])c([2H])c([2H])c2[2H])c2c([2H])c([2H])c([2H])c([2H])c2[2H])c([2H])c1[2H]. The lowest BCUT2D eigenvalue weighted by atomic mass is 9.78. The molecule has 0 radical (unpaired) electrons. The number of fused-ring (bicyclic) bond motifs is 4. The molecule has 0 amide bonds. The first-order valence-electron chi connectivity index (χ1n) is 40.6. The number of ether oxygens (including phenoxy) is 1. The highest BCUT2D eigenvalue weighted by Crippen LogP contribution is 2.41. The number of aromatic nitrogens is 4. The van der Waals surface area contributed by atoms with Crippen LogP contribution in [0.5, 0.6) is 11.5 Å². The molecule has 10 aromatic carbocycles. The smallest absolute Gasteiger partial charge is 0.269 e. The molecule has 0 atom stereocenters. The van der Waals surface area contributed by atoms with E-state index in [1.165, 1.54) is 18.2 Å². The molecule has 0 saturated heterocycles. The van der Waals surface area contributed by atoms with Gasteiger partial charge in [-0.1, -0.05) is 259 Å². The minimum absolute atomic E-state index is 0.0350. The first-order valence-corrected chi connectivity index (χ1v) is 32.1. The van der Waals surface area contributed by atoms with E-state index in [0.717, 1.165) is 38.5 Å². The van der Waals surface area contributed by atoms with E-state index in [0.29, 0.717) is 28.4 Å². The Bertz CT molecular complexity index is 5730. The zero-order chi connectivity index (χ0) is 81.1. The molecule has 3 aromatic heterocycles. The van der Waals surface area contributed by atoms with E-state index in [4.69, 9.17) is 22.1 Å². The molecular weight excluding hydrogens is 1110 g/mol. The van der Waals surface area contributed by atoms with Crippen LogP contribution >= 0.6 is 0 Å². The standard InChI is InChI=1S/C84H82N4OSi/c1-56-28-26-29-57(2)79(56)58-40-43-74-76(48-58)86(64-30-27-31-65(53-64)89-66-41-42-71-70-38-24-25-39-73(70)88(75(71)54-66)78-52-60(44-45-85-78)81(3,4)5)55-87(74)80-72(59-46-61(82(6,7)8)49-62(47-59)83(9,10)11)50-63(84(12,13)14)51-77(80)90(67-32-18-15-19-33-67,68-34-20-16-21-35-68)69-36-22-17-23-37-69/h15-54H,1-14H3/i1D3,2D3,15D,16D,17D,18D,19D,20D,21D,22D,23D,32D,33D,34D,35D,36D,37D. The van der Waals surface area contributed by atoms with Gasteiger partial charge in [0.25, 0.3) is 6.33 Å². The molecule has 0 fully saturated rings. The highest BCUT2D eigenvalue weighted by Gasteiger charge is 2.45. The van der Waals surface area contributed by atoms with Crippen LogP contribution in [0.3, 0.4) is 0 Å². The van der Waals surface area contributed by atoms with Gasteiger partial charge in [-0.3, -0.25) is 13.7 Å². The monoisotopic (exact) mass is 1210 g/mol. The molecule has 0 unspecified atom stereocenters. The number of para-hydroxylation sites is 1. The number of benzene rings is 10. The zero-order valence-corrected chi connectivity index (χ0v) is 53.6. The number of hydrogen-bond acceptors (Lipinski definition) is 2. The number of pyridine rings is 1. The van der Waals surface area contributed by atoms with Crippen molar-refractivity contribution >= 4 is 61.7 Å². The van der Waals surface area contributed by atoms with Crippen molar-refractivity contribution < 1.29 is 38.1 Å². The van der Waals surface area contributed by atoms with Crippen molar-refractivity contribution in [2.45, 2.75) is 118 Å². The van der Waals surface area contributed by atoms with Crippen molar-refractivity contribution in [2.75, 3.05) is 0 Å². The van der Waals surface area contributed by atoms with E-state index in [-0.39, 0.29) is 60.9 Å². The van der Waals surface area contributed by atoms with E-state index < -0.39 is 144 Å². The van der Waals surface area contributed by atoms with Gasteiger partial charge in [-0.15, -0.1) is 0 Å². The van der Waals surface area contributed by atoms with Gasteiger partial charge in [0.2, 0.25) is 0 Å². The van der Waals surface area contributed by atoms with E-state index >= 15 is 0 Å². The molecule has 0 N–H and O–H groups in total. The maximum absolute atomic E-state index is 10.3. The molecule has 0 aliphatic rings. The fourth-order valence-corrected chi connectivity index (χ4v) is 16.2. The van der Waals surface area contributed by atoms with Crippen LogP contribution in [0.2, 0.25) is 0 Å². The molecular formula is C84H82N4OSi. The van der Waals surface area contributed by atoms with Crippen LogP contribution in [0.4, 0.5) is 0 Å². The summed E-state index contributed by atoms with van der Waals surface area (Å²) in [5.41, 5.74) is 3.31. The van der Waals surface area contributed by atoms with Gasteiger partial charge in [-0.05, 0) is 166 Å². The molecule has 0 aliphatic carbocycles. The molecule has 13 rings (SSSR count). The van der Waals surface area contributed by atoms with Gasteiger partial charge < -0.3 is 4.74 Å². The van der Waals surface area contributed by atoms with Gasteiger partial charge in [0, 0.05) is 31.3 Å². The Morgan fingerprint density at radius 1 is 0.478 bits per heavy atom. The molecule has 13 aromatic rings. The Morgan fingerprint density at radius 2 is 1.04 bits per heavy atom. The molecule has 5 nitrogen and oxygen atoms in total. The Kier molecular flexibility index (Phi) is 9.94. The summed E-state index contributed by atoms with van der Waals surface area (Å²) in [5, 5.41) is -0.436. The summed E-state index contributed by atoms with van der Waals surface area (Å²) >= 11 is 0. The molecule has 6 heteroatoms. The lowest BCUT2D eigenvalue weighted by Crippen LogP contribution is -2.76. The van der Waals surface area contributed by atoms with Crippen molar-refractivity contribution in [1.82, 2.24) is 14.1 Å². The van der Waals surface area contributed by atoms with Crippen molar-refractivity contribution in [3.05, 3.63) is 282 Å². The third kappa shape index (κ3) is 10.8. The van der Waals surface area contributed by atoms with Gasteiger partial charge in [0.15, 0.2) is 8.07 Å². The topological polar surface area (TPSA) is 35.9 Å². The van der Waals surface area contributed by atoms with E-state index in [1.54, 1.807) is 63.9 Å². The largest absolute Gasteiger partial charge is 0.458 e. The van der Waals surface area contributed by atoms with E-state index in [2.05, 4.69) is 43.8 Å². The van der Waals surface area contributed by atoms with Crippen LogP contribution < -0.4 is 30.1 Å². The lowest BCUT2D eigenvalue weighted by molar-refractivity contribution is -0.570. The summed E-state index contributed by atoms with van der Waals surface area (Å²) in [6.07, 6.45) is 5.44. The predicted molar refractivity (Wildman–Crippen MR) is 381 cm³/mol. The zero-order valence-electron chi connectivity index (χ0n) is 73.6. The third-order valence-corrected chi connectivity index (χ3v) is 21.2. The van der Waals surface area contributed by atoms with Crippen molar-refractivity contribution in [3.63, 3.8) is 0 Å². The normalized spacial score (nSPS) is 16.2. The third-order valence-electron chi connectivity index (χ3n) is 17.0. The lowest BCUT2D eigenvalue weighted by Gasteiger charge is -2.38. The summed E-state index contributed by atoms with van der Waals surface area (Å²) in [6.45, 7) is 18.6. The van der Waals surface area contributed by atoms with Gasteiger partial charge in [0.05, 0.1) is 54.0 Å². The van der Waals surface area contributed by atoms with Gasteiger partial charge in [-0.25, -0.2) is 4.98 Å². The first kappa shape index (κ1) is 39.6. The maximum Gasteiger partial charge on any atom is 0.269 e. The number of hydrogen-bond donors (Lipinski definition) is 0. The average Bonchev–Trinajstić information content (AvgIpc) is 1.39. The van der Waals surface area contributed by atoms with Gasteiger partial charge in [0.1, 0.15) is 17.3 Å². The minimum Gasteiger partial charge on any atom is -0.458 e. The van der Waals surface area contributed by atoms with Crippen LogP contribution in [-0.4, -0.2) is 22.2 Å². The number of aryl methyl sites for hydroxylation is 2. The summed E-state index contributed by atoms with van der Waals surface area (Å²) < 4.78 is 213. The highest BCUT2D eigenvalue weighted by atomic mass is 28.3. The Labute approximate surface area is 563 Å². The number of imidazole rings is 1. The molecule has 0 aliphatic heterocycles. The maximum atomic E-state index is 10.3. The fraction of sp³-hybridized carbons (Fsp3) is 0.214. The molecule has 448 valence electrons. The van der Waals surface area contributed by atoms with Crippen LogP contribution in [0, 0.1) is 20.0 Å². The van der Waals surface area contributed by atoms with Crippen LogP contribution in [0.15, 0.2) is 242 Å². The minimum atomic E-state index is -6.12. The molecule has 90 heavy (non-hydrogen) atoms. The quantitative estimate of drug-likeness (QED) is 0.0560. The van der Waals surface area contributed by atoms with E-state index in [9.17, 15) is 16.4 Å². The van der Waals surface area contributed by atoms with Crippen LogP contribution in [0.25, 0.3) is 72.3 Å². The summed E-state index contributed by atoms with van der Waals surface area (Å²) in [7, 11) is -6.12. The molecule has 0 bridgehead atoms. The second-order valence-corrected chi connectivity index (χ2v) is 30.7. The highest BCUT2D eigenvalue weighted by molar-refractivity contribution is 7.20. The van der Waals surface area contributed by atoms with Crippen LogP contribution in [-0.2, 0) is 21.7 Å². The average molecular weight is 1210 g/mol. The Balaban J connectivity index is 1.26. The second kappa shape index (κ2) is 22.6. The van der Waals surface area contributed by atoms with Crippen molar-refractivity contribution in [1.29, 1.82) is 0 Å².